The molecule has 0 saturated heterocycles. The van der Waals surface area contributed by atoms with Gasteiger partial charge in [0, 0.05) is 0 Å². The summed E-state index contributed by atoms with van der Waals surface area (Å²) in [5.74, 6) is 0. The number of aryl methyl sites for hydroxylation is 1. The Morgan fingerprint density at radius 1 is 1.22 bits per heavy atom. The summed E-state index contributed by atoms with van der Waals surface area (Å²) in [6.07, 6.45) is 3.54. The Kier molecular flexibility index (Phi) is 9.60. The summed E-state index contributed by atoms with van der Waals surface area (Å²) >= 11 is 0.729. The van der Waals surface area contributed by atoms with Gasteiger partial charge in [0.2, 0.25) is 0 Å². The van der Waals surface area contributed by atoms with Crippen LogP contribution in [0.5, 0.6) is 0 Å². The number of rotatable bonds is 5. The monoisotopic (exact) mass is 437 g/mol. The van der Waals surface area contributed by atoms with Crippen molar-refractivity contribution in [2.75, 3.05) is 0 Å². The van der Waals surface area contributed by atoms with Gasteiger partial charge in [-0.2, -0.15) is 0 Å². The summed E-state index contributed by atoms with van der Waals surface area (Å²) in [5, 5.41) is 0. The minimum atomic E-state index is 0.296. The molecule has 1 nitrogen and oxygen atoms in total. The molecule has 0 heterocycles. The van der Waals surface area contributed by atoms with Gasteiger partial charge in [0.15, 0.2) is 0 Å². The van der Waals surface area contributed by atoms with E-state index in [1.54, 1.807) is 0 Å². The first kappa shape index (κ1) is 17.8. The quantitative estimate of drug-likeness (QED) is 0.472. The first-order chi connectivity index (χ1) is 8.62. The van der Waals surface area contributed by atoms with E-state index < -0.39 is 0 Å². The fourth-order valence-corrected chi connectivity index (χ4v) is 3.05. The van der Waals surface area contributed by atoms with Crippen LogP contribution in [0.3, 0.4) is 0 Å². The molecule has 0 aliphatic carbocycles. The predicted molar refractivity (Wildman–Crippen MR) is 83.4 cm³/mol. The molecule has 0 aromatic heterocycles. The van der Waals surface area contributed by atoms with Crippen molar-refractivity contribution in [3.05, 3.63) is 35.9 Å². The Bertz CT molecular complexity index is 345. The zero-order chi connectivity index (χ0) is 14.0. The molecule has 0 spiro atoms. The van der Waals surface area contributed by atoms with Gasteiger partial charge in [-0.1, -0.05) is 13.8 Å². The summed E-state index contributed by atoms with van der Waals surface area (Å²) < 4.78 is 4.53. The summed E-state index contributed by atoms with van der Waals surface area (Å²) in [7, 11) is 0. The van der Waals surface area contributed by atoms with Gasteiger partial charge in [-0.3, -0.25) is 0 Å². The Balaban J connectivity index is 0.00000137. The maximum absolute atomic E-state index is 4.53. The molecule has 2 heteroatoms. The molecular weight excluding hydrogens is 411 g/mol. The standard InChI is InChI=1S/C14H20N.C2H6.Tl/c1-4-14(3,12(2)15)11-10-13-8-6-5-7-9-13;1-2;/h5-9H,4,10-11H2,1-3H3;1-2H3;/q-1;;+1. The van der Waals surface area contributed by atoms with Crippen LogP contribution in [0.2, 0.25) is 0 Å². The molecular formula is C16H26NTl. The van der Waals surface area contributed by atoms with Gasteiger partial charge in [-0.05, 0) is 0 Å². The van der Waals surface area contributed by atoms with Crippen molar-refractivity contribution in [1.29, 1.82) is 0 Å². The van der Waals surface area contributed by atoms with E-state index in [1.807, 2.05) is 13.8 Å². The van der Waals surface area contributed by atoms with Crippen LogP contribution in [0.25, 0.3) is 0 Å². The SMILES string of the molecule is CC.CCC(C)(CCc1ccccc1)/C(C)=[N]/[Tl]. The van der Waals surface area contributed by atoms with Gasteiger partial charge in [0.25, 0.3) is 0 Å². The van der Waals surface area contributed by atoms with E-state index in [1.165, 1.54) is 24.1 Å². The van der Waals surface area contributed by atoms with Crippen molar-refractivity contribution < 1.29 is 0 Å². The molecule has 0 aliphatic rings. The molecule has 1 atom stereocenters. The summed E-state index contributed by atoms with van der Waals surface area (Å²) in [6, 6.07) is 10.7. The fourth-order valence-electron chi connectivity index (χ4n) is 1.83. The van der Waals surface area contributed by atoms with Gasteiger partial charge >= 0.3 is 116 Å². The third-order valence-corrected chi connectivity index (χ3v) is 5.16. The van der Waals surface area contributed by atoms with Crippen LogP contribution in [-0.4, -0.2) is 31.8 Å². The van der Waals surface area contributed by atoms with Crippen LogP contribution in [0.4, 0.5) is 0 Å². The fraction of sp³-hybridized carbons (Fsp3) is 0.562. The Morgan fingerprint density at radius 2 is 1.78 bits per heavy atom. The van der Waals surface area contributed by atoms with Crippen LogP contribution >= 0.6 is 0 Å². The first-order valence-electron chi connectivity index (χ1n) is 6.91. The van der Waals surface area contributed by atoms with Crippen LogP contribution in [-0.2, 0) is 6.42 Å². The second kappa shape index (κ2) is 9.70. The molecule has 1 rings (SSSR count). The van der Waals surface area contributed by atoms with E-state index in [4.69, 9.17) is 0 Å². The van der Waals surface area contributed by atoms with Crippen molar-refractivity contribution in [2.24, 2.45) is 8.22 Å². The van der Waals surface area contributed by atoms with E-state index in [0.717, 1.165) is 32.5 Å². The third-order valence-electron chi connectivity index (χ3n) is 3.66. The summed E-state index contributed by atoms with van der Waals surface area (Å²) in [4.78, 5) is 0. The van der Waals surface area contributed by atoms with Crippen molar-refractivity contribution in [3.8, 4) is 0 Å². The van der Waals surface area contributed by atoms with Crippen molar-refractivity contribution in [2.45, 2.75) is 53.9 Å². The van der Waals surface area contributed by atoms with Gasteiger partial charge in [0.1, 0.15) is 0 Å². The first-order valence-corrected chi connectivity index (χ1v) is 8.92. The van der Waals surface area contributed by atoms with E-state index >= 15 is 0 Å². The molecule has 0 bridgehead atoms. The minimum absolute atomic E-state index is 0.296. The number of nitrogens with zero attached hydrogens (tertiary/aromatic N) is 1. The zero-order valence-electron chi connectivity index (χ0n) is 12.5. The van der Waals surface area contributed by atoms with Crippen molar-refractivity contribution >= 4 is 31.8 Å². The number of hydrogen-bond acceptors (Lipinski definition) is 1. The second-order valence-electron chi connectivity index (χ2n) is 4.61. The van der Waals surface area contributed by atoms with Crippen LogP contribution in [0.1, 0.15) is 53.0 Å². The van der Waals surface area contributed by atoms with Gasteiger partial charge in [0.05, 0.1) is 0 Å². The number of benzene rings is 1. The van der Waals surface area contributed by atoms with E-state index in [0.29, 0.717) is 5.41 Å². The van der Waals surface area contributed by atoms with Gasteiger partial charge in [-0.15, -0.1) is 0 Å². The molecule has 1 aromatic rings. The maximum atomic E-state index is 4.53. The second-order valence-corrected chi connectivity index (χ2v) is 5.62. The molecule has 98 valence electrons. The molecule has 0 radical (unpaired) electrons. The van der Waals surface area contributed by atoms with Crippen LogP contribution in [0, 0.1) is 5.41 Å². The Labute approximate surface area is 129 Å². The molecule has 0 N–H and O–H groups in total. The Hall–Kier alpha value is -0.188. The average molecular weight is 437 g/mol. The molecule has 18 heavy (non-hydrogen) atoms. The van der Waals surface area contributed by atoms with Crippen LogP contribution in [0.15, 0.2) is 33.1 Å². The molecule has 1 unspecified atom stereocenters. The zero-order valence-corrected chi connectivity index (χ0v) is 17.0. The molecule has 1 aromatic carbocycles. The third kappa shape index (κ3) is 5.64. The van der Waals surface area contributed by atoms with Crippen molar-refractivity contribution in [1.82, 2.24) is 0 Å². The normalized spacial score (nSPS) is 14.3. The molecule has 0 saturated carbocycles. The van der Waals surface area contributed by atoms with E-state index in [-0.39, 0.29) is 0 Å². The summed E-state index contributed by atoms with van der Waals surface area (Å²) in [5.41, 5.74) is 3.08. The topological polar surface area (TPSA) is 12.4 Å². The van der Waals surface area contributed by atoms with Crippen molar-refractivity contribution in [3.63, 3.8) is 0 Å². The van der Waals surface area contributed by atoms with Gasteiger partial charge in [-0.25, -0.2) is 0 Å². The Morgan fingerprint density at radius 3 is 2.22 bits per heavy atom. The summed E-state index contributed by atoms with van der Waals surface area (Å²) in [6.45, 7) is 10.8. The molecule has 0 aliphatic heterocycles. The molecule has 0 amide bonds. The predicted octanol–water partition coefficient (Wildman–Crippen LogP) is 4.61. The average Bonchev–Trinajstić information content (AvgIpc) is 2.47. The van der Waals surface area contributed by atoms with E-state index in [2.05, 4.69) is 53.9 Å². The van der Waals surface area contributed by atoms with Crippen LogP contribution < -0.4 is 0 Å². The molecule has 0 fully saturated rings. The number of hydrogen-bond donors (Lipinski definition) is 0. The van der Waals surface area contributed by atoms with Gasteiger partial charge < -0.3 is 0 Å². The van der Waals surface area contributed by atoms with E-state index in [9.17, 15) is 0 Å².